The molecule has 0 radical (unpaired) electrons. The van der Waals surface area contributed by atoms with Crippen molar-refractivity contribution in [2.45, 2.75) is 64.8 Å². The molecule has 1 saturated carbocycles. The summed E-state index contributed by atoms with van der Waals surface area (Å²) in [6.45, 7) is 5.98. The molecule has 2 N–H and O–H groups in total. The molecule has 5 nitrogen and oxygen atoms in total. The monoisotopic (exact) mass is 434 g/mol. The minimum Gasteiger partial charge on any atom is -0.359 e. The smallest absolute Gasteiger partial charge is 0.191 e. The number of nitrogens with zero attached hydrogens (tertiary/aromatic N) is 2. The summed E-state index contributed by atoms with van der Waals surface area (Å²) in [6, 6.07) is 2.06. The number of rotatable bonds is 9. The van der Waals surface area contributed by atoms with E-state index in [9.17, 15) is 0 Å². The zero-order valence-electron chi connectivity index (χ0n) is 14.6. The van der Waals surface area contributed by atoms with Crippen LogP contribution in [-0.2, 0) is 6.54 Å². The third-order valence-corrected chi connectivity index (χ3v) is 4.41. The number of hydrogen-bond donors (Lipinski definition) is 2. The van der Waals surface area contributed by atoms with Crippen molar-refractivity contribution in [3.63, 3.8) is 0 Å². The van der Waals surface area contributed by atoms with Gasteiger partial charge in [0.15, 0.2) is 11.7 Å². The topological polar surface area (TPSA) is 62.5 Å². The number of halogens is 1. The van der Waals surface area contributed by atoms with E-state index in [2.05, 4.69) is 40.7 Å². The van der Waals surface area contributed by atoms with Gasteiger partial charge in [-0.2, -0.15) is 0 Å². The molecule has 0 spiro atoms. The molecule has 0 aliphatic heterocycles. The molecule has 23 heavy (non-hydrogen) atoms. The maximum atomic E-state index is 5.41. The molecule has 0 saturated heterocycles. The molecule has 0 bridgehead atoms. The lowest BCUT2D eigenvalue weighted by atomic mass is 9.99. The lowest BCUT2D eigenvalue weighted by molar-refractivity contribution is 0.368. The molecule has 1 aromatic heterocycles. The van der Waals surface area contributed by atoms with Crippen LogP contribution in [0.25, 0.3) is 0 Å². The molecular formula is C17H31IN4O. The first kappa shape index (κ1) is 20.3. The molecule has 1 aliphatic carbocycles. The van der Waals surface area contributed by atoms with Crippen molar-refractivity contribution in [3.8, 4) is 0 Å². The fraction of sp³-hybridized carbons (Fsp3) is 0.765. The van der Waals surface area contributed by atoms with E-state index >= 15 is 0 Å². The van der Waals surface area contributed by atoms with Crippen molar-refractivity contribution in [1.82, 2.24) is 15.8 Å². The first-order valence-corrected chi connectivity index (χ1v) is 8.66. The Morgan fingerprint density at radius 1 is 1.35 bits per heavy atom. The van der Waals surface area contributed by atoms with Crippen molar-refractivity contribution < 1.29 is 4.52 Å². The maximum Gasteiger partial charge on any atom is 0.191 e. The summed E-state index contributed by atoms with van der Waals surface area (Å²) >= 11 is 0. The number of nitrogens with one attached hydrogen (secondary N) is 2. The summed E-state index contributed by atoms with van der Waals surface area (Å²) in [7, 11) is 1.80. The normalized spacial score (nSPS) is 14.7. The predicted octanol–water partition coefficient (Wildman–Crippen LogP) is 4.05. The number of guanidine groups is 1. The van der Waals surface area contributed by atoms with Crippen LogP contribution in [0.15, 0.2) is 15.6 Å². The average molecular weight is 434 g/mol. The van der Waals surface area contributed by atoms with Gasteiger partial charge in [-0.3, -0.25) is 4.99 Å². The summed E-state index contributed by atoms with van der Waals surface area (Å²) in [6.07, 6.45) is 7.60. The Kier molecular flexibility index (Phi) is 9.59. The quantitative estimate of drug-likeness (QED) is 0.267. The van der Waals surface area contributed by atoms with Gasteiger partial charge in [0.25, 0.3) is 0 Å². The van der Waals surface area contributed by atoms with Gasteiger partial charge in [-0.05, 0) is 31.6 Å². The highest BCUT2D eigenvalue weighted by Crippen LogP contribution is 2.33. The Labute approximate surface area is 157 Å². The molecule has 132 valence electrons. The van der Waals surface area contributed by atoms with Crippen molar-refractivity contribution in [1.29, 1.82) is 0 Å². The van der Waals surface area contributed by atoms with Gasteiger partial charge in [-0.15, -0.1) is 24.0 Å². The first-order chi connectivity index (χ1) is 10.8. The summed E-state index contributed by atoms with van der Waals surface area (Å²) in [4.78, 5) is 4.24. The third-order valence-electron chi connectivity index (χ3n) is 4.41. The van der Waals surface area contributed by atoms with Crippen molar-refractivity contribution in [2.24, 2.45) is 10.9 Å². The number of aliphatic imine (C=N–C) groups is 1. The minimum atomic E-state index is 0. The predicted molar refractivity (Wildman–Crippen MR) is 105 cm³/mol. The van der Waals surface area contributed by atoms with Crippen LogP contribution in [0.3, 0.4) is 0 Å². The SMILES string of the molecule is CCC(CC)c1cc(CNC(=NC)NCCCC2CC2)on1.I. The molecule has 0 aromatic carbocycles. The lowest BCUT2D eigenvalue weighted by Gasteiger charge is -2.10. The highest BCUT2D eigenvalue weighted by atomic mass is 127. The number of aromatic nitrogens is 1. The Hall–Kier alpha value is -0.790. The second-order valence-electron chi connectivity index (χ2n) is 6.17. The van der Waals surface area contributed by atoms with E-state index in [0.717, 1.165) is 42.7 Å². The summed E-state index contributed by atoms with van der Waals surface area (Å²) in [5.41, 5.74) is 1.06. The van der Waals surface area contributed by atoms with Crippen LogP contribution in [0, 0.1) is 5.92 Å². The minimum absolute atomic E-state index is 0. The van der Waals surface area contributed by atoms with E-state index in [1.54, 1.807) is 7.05 Å². The van der Waals surface area contributed by atoms with Gasteiger partial charge >= 0.3 is 0 Å². The van der Waals surface area contributed by atoms with E-state index in [-0.39, 0.29) is 24.0 Å². The molecule has 6 heteroatoms. The highest BCUT2D eigenvalue weighted by Gasteiger charge is 2.20. The van der Waals surface area contributed by atoms with Crippen LogP contribution in [0.1, 0.15) is 69.7 Å². The van der Waals surface area contributed by atoms with Crippen LogP contribution in [0.2, 0.25) is 0 Å². The fourth-order valence-corrected chi connectivity index (χ4v) is 2.71. The molecule has 1 fully saturated rings. The Morgan fingerprint density at radius 2 is 2.09 bits per heavy atom. The van der Waals surface area contributed by atoms with Gasteiger partial charge in [-0.25, -0.2) is 0 Å². The number of hydrogen-bond acceptors (Lipinski definition) is 3. The molecule has 0 amide bonds. The molecule has 2 rings (SSSR count). The van der Waals surface area contributed by atoms with Gasteiger partial charge in [0.2, 0.25) is 0 Å². The van der Waals surface area contributed by atoms with Crippen molar-refractivity contribution in [3.05, 3.63) is 17.5 Å². The first-order valence-electron chi connectivity index (χ1n) is 8.66. The van der Waals surface area contributed by atoms with Crippen LogP contribution < -0.4 is 10.6 Å². The Morgan fingerprint density at radius 3 is 2.70 bits per heavy atom. The Bertz CT molecular complexity index is 467. The summed E-state index contributed by atoms with van der Waals surface area (Å²) in [5, 5.41) is 10.8. The van der Waals surface area contributed by atoms with Gasteiger partial charge in [0.05, 0.1) is 12.2 Å². The maximum absolute atomic E-state index is 5.41. The molecule has 1 aromatic rings. The second-order valence-corrected chi connectivity index (χ2v) is 6.17. The highest BCUT2D eigenvalue weighted by molar-refractivity contribution is 14.0. The Balaban J connectivity index is 0.00000264. The zero-order chi connectivity index (χ0) is 15.8. The molecule has 1 aliphatic rings. The molecule has 0 unspecified atom stereocenters. The van der Waals surface area contributed by atoms with E-state index in [1.165, 1.54) is 25.7 Å². The van der Waals surface area contributed by atoms with Gasteiger partial charge in [-0.1, -0.05) is 31.8 Å². The van der Waals surface area contributed by atoms with E-state index in [1.807, 2.05) is 0 Å². The lowest BCUT2D eigenvalue weighted by Crippen LogP contribution is -2.37. The van der Waals surface area contributed by atoms with Crippen LogP contribution in [-0.4, -0.2) is 24.7 Å². The zero-order valence-corrected chi connectivity index (χ0v) is 16.9. The average Bonchev–Trinajstić information content (AvgIpc) is 3.25. The third kappa shape index (κ3) is 7.10. The standard InChI is InChI=1S/C17H30N4O.HI/c1-4-14(5-2)16-11-15(22-21-16)12-20-17(18-3)19-10-6-7-13-8-9-13;/h11,13-14H,4-10,12H2,1-3H3,(H2,18,19,20);1H. The van der Waals surface area contributed by atoms with Gasteiger partial charge < -0.3 is 15.2 Å². The van der Waals surface area contributed by atoms with Crippen LogP contribution >= 0.6 is 24.0 Å². The van der Waals surface area contributed by atoms with E-state index in [4.69, 9.17) is 4.52 Å². The summed E-state index contributed by atoms with van der Waals surface area (Å²) in [5.74, 6) is 3.19. The van der Waals surface area contributed by atoms with Gasteiger partial charge in [0.1, 0.15) is 0 Å². The largest absolute Gasteiger partial charge is 0.359 e. The summed E-state index contributed by atoms with van der Waals surface area (Å²) < 4.78 is 5.41. The van der Waals surface area contributed by atoms with Crippen molar-refractivity contribution in [2.75, 3.05) is 13.6 Å². The van der Waals surface area contributed by atoms with Crippen LogP contribution in [0.4, 0.5) is 0 Å². The van der Waals surface area contributed by atoms with E-state index in [0.29, 0.717) is 12.5 Å². The molecular weight excluding hydrogens is 403 g/mol. The van der Waals surface area contributed by atoms with Crippen molar-refractivity contribution >= 4 is 29.9 Å². The fourth-order valence-electron chi connectivity index (χ4n) is 2.71. The second kappa shape index (κ2) is 10.9. The molecule has 0 atom stereocenters. The van der Waals surface area contributed by atoms with Gasteiger partial charge in [0, 0.05) is 25.6 Å². The molecule has 1 heterocycles. The van der Waals surface area contributed by atoms with Crippen LogP contribution in [0.5, 0.6) is 0 Å². The van der Waals surface area contributed by atoms with E-state index < -0.39 is 0 Å².